The number of methoxy groups -OCH3 is 2. The van der Waals surface area contributed by atoms with Crippen LogP contribution >= 0.6 is 22.7 Å². The topological polar surface area (TPSA) is 77.8 Å². The number of thiazole rings is 1. The fraction of sp³-hybridized carbons (Fsp3) is 0.211. The lowest BCUT2D eigenvalue weighted by molar-refractivity contribution is 0.0950. The number of benzene rings is 1. The molecule has 0 spiro atoms. The van der Waals surface area contributed by atoms with Gasteiger partial charge in [-0.2, -0.15) is 4.98 Å². The number of hydrogen-bond acceptors (Lipinski definition) is 7. The lowest BCUT2D eigenvalue weighted by Gasteiger charge is -2.12. The van der Waals surface area contributed by atoms with E-state index in [1.54, 1.807) is 48.0 Å². The molecule has 3 aromatic heterocycles. The van der Waals surface area contributed by atoms with E-state index in [9.17, 15) is 4.79 Å². The molecule has 0 aliphatic rings. The largest absolute Gasteiger partial charge is 0.493 e. The number of thiophene rings is 1. The van der Waals surface area contributed by atoms with Gasteiger partial charge in [-0.1, -0.05) is 12.1 Å². The minimum absolute atomic E-state index is 0.208. The van der Waals surface area contributed by atoms with Gasteiger partial charge in [-0.15, -0.1) is 27.8 Å². The summed E-state index contributed by atoms with van der Waals surface area (Å²) in [5.74, 6) is 1.48. The first kappa shape index (κ1) is 18.5. The maximum atomic E-state index is 12.6. The molecule has 1 amide bonds. The Labute approximate surface area is 169 Å². The van der Waals surface area contributed by atoms with E-state index in [0.29, 0.717) is 30.0 Å². The standard InChI is InChI=1S/C19H18N4O3S2/c1-25-14-6-3-5-13(16(14)26-2)18(24)20-9-8-12-11-28-19-21-17(22-23(12)19)15-7-4-10-27-15/h3-7,10-11H,8-9H2,1-2H3,(H,20,24). The van der Waals surface area contributed by atoms with Gasteiger partial charge in [-0.05, 0) is 23.6 Å². The maximum Gasteiger partial charge on any atom is 0.255 e. The molecule has 28 heavy (non-hydrogen) atoms. The number of fused-ring (bicyclic) bond motifs is 1. The van der Waals surface area contributed by atoms with Gasteiger partial charge >= 0.3 is 0 Å². The van der Waals surface area contributed by atoms with Gasteiger partial charge in [0.15, 0.2) is 17.3 Å². The van der Waals surface area contributed by atoms with Gasteiger partial charge in [-0.25, -0.2) is 4.52 Å². The zero-order valence-corrected chi connectivity index (χ0v) is 17.0. The van der Waals surface area contributed by atoms with Crippen molar-refractivity contribution in [3.8, 4) is 22.2 Å². The predicted molar refractivity (Wildman–Crippen MR) is 110 cm³/mol. The molecule has 0 fully saturated rings. The number of rotatable bonds is 7. The zero-order valence-electron chi connectivity index (χ0n) is 15.3. The van der Waals surface area contributed by atoms with E-state index in [-0.39, 0.29) is 5.91 Å². The summed E-state index contributed by atoms with van der Waals surface area (Å²) in [5.41, 5.74) is 1.45. The second-order valence-corrected chi connectivity index (χ2v) is 7.67. The van der Waals surface area contributed by atoms with Crippen LogP contribution < -0.4 is 14.8 Å². The zero-order chi connectivity index (χ0) is 19.5. The summed E-state index contributed by atoms with van der Waals surface area (Å²) >= 11 is 3.16. The van der Waals surface area contributed by atoms with Gasteiger partial charge in [0.05, 0.1) is 30.4 Å². The van der Waals surface area contributed by atoms with Crippen LogP contribution in [0.15, 0.2) is 41.1 Å². The van der Waals surface area contributed by atoms with Crippen LogP contribution in [0.3, 0.4) is 0 Å². The first-order chi connectivity index (χ1) is 13.7. The predicted octanol–water partition coefficient (Wildman–Crippen LogP) is 3.51. The Morgan fingerprint density at radius 2 is 2.07 bits per heavy atom. The van der Waals surface area contributed by atoms with Crippen molar-refractivity contribution in [3.63, 3.8) is 0 Å². The molecule has 0 saturated heterocycles. The van der Waals surface area contributed by atoms with Crippen LogP contribution in [0.4, 0.5) is 0 Å². The highest BCUT2D eigenvalue weighted by atomic mass is 32.1. The average molecular weight is 415 g/mol. The summed E-state index contributed by atoms with van der Waals surface area (Å²) in [5, 5.41) is 11.6. The number of aromatic nitrogens is 3. The lowest BCUT2D eigenvalue weighted by Crippen LogP contribution is -2.26. The van der Waals surface area contributed by atoms with E-state index in [0.717, 1.165) is 21.4 Å². The van der Waals surface area contributed by atoms with E-state index in [2.05, 4.69) is 15.4 Å². The van der Waals surface area contributed by atoms with Gasteiger partial charge in [-0.3, -0.25) is 4.79 Å². The van der Waals surface area contributed by atoms with Gasteiger partial charge < -0.3 is 14.8 Å². The number of amides is 1. The summed E-state index contributed by atoms with van der Waals surface area (Å²) in [6.45, 7) is 0.471. The van der Waals surface area contributed by atoms with Crippen LogP contribution in [0.25, 0.3) is 15.7 Å². The van der Waals surface area contributed by atoms with Gasteiger partial charge in [0.2, 0.25) is 4.96 Å². The summed E-state index contributed by atoms with van der Waals surface area (Å²) in [4.78, 5) is 19.0. The van der Waals surface area contributed by atoms with E-state index >= 15 is 0 Å². The fourth-order valence-corrected chi connectivity index (χ4v) is 4.38. The number of carbonyl (C=O) groups excluding carboxylic acids is 1. The molecule has 0 saturated carbocycles. The summed E-state index contributed by atoms with van der Waals surface area (Å²) < 4.78 is 12.4. The molecule has 0 unspecified atom stereocenters. The van der Waals surface area contributed by atoms with E-state index in [1.165, 1.54) is 7.11 Å². The molecule has 3 heterocycles. The molecule has 4 aromatic rings. The Morgan fingerprint density at radius 1 is 1.18 bits per heavy atom. The Bertz CT molecular complexity index is 1100. The van der Waals surface area contributed by atoms with Crippen LogP contribution in [-0.4, -0.2) is 41.3 Å². The summed E-state index contributed by atoms with van der Waals surface area (Å²) in [6.07, 6.45) is 0.644. The SMILES string of the molecule is COc1cccc(C(=O)NCCc2csc3nc(-c4cccs4)nn23)c1OC. The number of ether oxygens (including phenoxy) is 2. The van der Waals surface area contributed by atoms with Crippen LogP contribution in [0.2, 0.25) is 0 Å². The second kappa shape index (κ2) is 7.99. The molecule has 0 aliphatic heterocycles. The average Bonchev–Trinajstić information content (AvgIpc) is 3.44. The number of carbonyl (C=O) groups is 1. The molecule has 144 valence electrons. The Hall–Kier alpha value is -2.91. The Morgan fingerprint density at radius 3 is 2.82 bits per heavy atom. The third-order valence-corrected chi connectivity index (χ3v) is 5.94. The molecule has 0 radical (unpaired) electrons. The highest BCUT2D eigenvalue weighted by molar-refractivity contribution is 7.15. The summed E-state index contributed by atoms with van der Waals surface area (Å²) in [7, 11) is 3.07. The molecule has 1 aromatic carbocycles. The minimum atomic E-state index is -0.208. The number of para-hydroxylation sites is 1. The second-order valence-electron chi connectivity index (χ2n) is 5.88. The van der Waals surface area contributed by atoms with Crippen LogP contribution in [0, 0.1) is 0 Å². The first-order valence-electron chi connectivity index (χ1n) is 8.57. The third kappa shape index (κ3) is 3.46. The van der Waals surface area contributed by atoms with Crippen LogP contribution in [0.1, 0.15) is 16.1 Å². The Balaban J connectivity index is 1.45. The van der Waals surface area contributed by atoms with Gasteiger partial charge in [0.1, 0.15) is 0 Å². The molecule has 0 aliphatic carbocycles. The molecule has 4 rings (SSSR count). The van der Waals surface area contributed by atoms with Crippen molar-refractivity contribution in [1.82, 2.24) is 19.9 Å². The number of nitrogens with one attached hydrogen (secondary N) is 1. The number of nitrogens with zero attached hydrogens (tertiary/aromatic N) is 3. The van der Waals surface area contributed by atoms with E-state index < -0.39 is 0 Å². The van der Waals surface area contributed by atoms with Crippen molar-refractivity contribution in [1.29, 1.82) is 0 Å². The highest BCUT2D eigenvalue weighted by Gasteiger charge is 2.17. The maximum absolute atomic E-state index is 12.6. The third-order valence-electron chi connectivity index (χ3n) is 4.21. The monoisotopic (exact) mass is 414 g/mol. The smallest absolute Gasteiger partial charge is 0.255 e. The quantitative estimate of drug-likeness (QED) is 0.501. The van der Waals surface area contributed by atoms with Gasteiger partial charge in [0, 0.05) is 18.3 Å². The van der Waals surface area contributed by atoms with Crippen molar-refractivity contribution >= 4 is 33.5 Å². The van der Waals surface area contributed by atoms with Crippen molar-refractivity contribution < 1.29 is 14.3 Å². The van der Waals surface area contributed by atoms with Crippen molar-refractivity contribution in [2.24, 2.45) is 0 Å². The van der Waals surface area contributed by atoms with Crippen molar-refractivity contribution in [2.45, 2.75) is 6.42 Å². The Kier molecular flexibility index (Phi) is 5.27. The first-order valence-corrected chi connectivity index (χ1v) is 10.3. The molecule has 9 heteroatoms. The lowest BCUT2D eigenvalue weighted by atomic mass is 10.1. The van der Waals surface area contributed by atoms with Crippen LogP contribution in [0.5, 0.6) is 11.5 Å². The molecular formula is C19H18N4O3S2. The van der Waals surface area contributed by atoms with E-state index in [4.69, 9.17) is 9.47 Å². The van der Waals surface area contributed by atoms with Crippen molar-refractivity contribution in [3.05, 3.63) is 52.3 Å². The van der Waals surface area contributed by atoms with Crippen LogP contribution in [-0.2, 0) is 6.42 Å². The van der Waals surface area contributed by atoms with Crippen molar-refractivity contribution in [2.75, 3.05) is 20.8 Å². The molecular weight excluding hydrogens is 396 g/mol. The normalized spacial score (nSPS) is 10.9. The van der Waals surface area contributed by atoms with Gasteiger partial charge in [0.25, 0.3) is 5.91 Å². The molecule has 0 atom stereocenters. The fourth-order valence-electron chi connectivity index (χ4n) is 2.87. The summed E-state index contributed by atoms with van der Waals surface area (Å²) in [6, 6.07) is 9.22. The number of hydrogen-bond donors (Lipinski definition) is 1. The molecule has 1 N–H and O–H groups in total. The minimum Gasteiger partial charge on any atom is -0.493 e. The molecule has 7 nitrogen and oxygen atoms in total. The highest BCUT2D eigenvalue weighted by Crippen LogP contribution is 2.30. The molecule has 0 bridgehead atoms. The van der Waals surface area contributed by atoms with E-state index in [1.807, 2.05) is 27.4 Å².